The average Bonchev–Trinajstić information content (AvgIpc) is 3.77. The van der Waals surface area contributed by atoms with Crippen molar-refractivity contribution in [1.82, 2.24) is 24.7 Å². The van der Waals surface area contributed by atoms with Gasteiger partial charge < -0.3 is 39.2 Å². The number of imidazole rings is 1. The number of ether oxygens (including phenoxy) is 3. The van der Waals surface area contributed by atoms with Gasteiger partial charge in [0.1, 0.15) is 12.8 Å². The summed E-state index contributed by atoms with van der Waals surface area (Å²) in [7, 11) is 0. The standard InChI is InChI=1S/C29H35N7O7/c1-2-19-14-21(43-34-19)24-23(39)25(41-17-38)28(42-24)36-15-30-22-26(31-20-9-12-40-13-10-20)32-29(33-27(22)36)35(16-37)11-8-18-6-4-3-5-7-18/h3-7,14-15,17,20,23-25,28,37,39H,2,8-13,16H2,1H3,(H,31,32,33)/t23-,24-,25-,28-/m1/s1. The number of aliphatic hydroxyl groups excluding tert-OH is 2. The first-order valence-corrected chi connectivity index (χ1v) is 14.5. The van der Waals surface area contributed by atoms with E-state index in [1.807, 2.05) is 37.3 Å². The van der Waals surface area contributed by atoms with Crippen molar-refractivity contribution in [3.63, 3.8) is 0 Å². The molecular weight excluding hydrogens is 558 g/mol. The van der Waals surface area contributed by atoms with Gasteiger partial charge >= 0.3 is 0 Å². The molecule has 0 bridgehead atoms. The molecule has 0 spiro atoms. The van der Waals surface area contributed by atoms with Crippen LogP contribution in [0.25, 0.3) is 11.2 Å². The molecule has 2 fully saturated rings. The molecule has 0 aliphatic carbocycles. The molecule has 2 aliphatic rings. The minimum absolute atomic E-state index is 0.107. The van der Waals surface area contributed by atoms with Gasteiger partial charge in [0.25, 0.3) is 6.47 Å². The fraction of sp³-hybridized carbons (Fsp3) is 0.483. The Balaban J connectivity index is 1.38. The van der Waals surface area contributed by atoms with E-state index in [4.69, 9.17) is 28.7 Å². The Morgan fingerprint density at radius 2 is 2.02 bits per heavy atom. The lowest BCUT2D eigenvalue weighted by Gasteiger charge is -2.25. The number of nitrogens with zero attached hydrogens (tertiary/aromatic N) is 6. The third-order valence-corrected chi connectivity index (χ3v) is 7.86. The molecule has 0 amide bonds. The number of anilines is 2. The van der Waals surface area contributed by atoms with E-state index in [2.05, 4.69) is 15.5 Å². The summed E-state index contributed by atoms with van der Waals surface area (Å²) in [6.45, 7) is 3.62. The highest BCUT2D eigenvalue weighted by Gasteiger charge is 2.49. The van der Waals surface area contributed by atoms with Crippen LogP contribution >= 0.6 is 0 Å². The molecule has 228 valence electrons. The second-order valence-electron chi connectivity index (χ2n) is 10.6. The van der Waals surface area contributed by atoms with E-state index in [1.165, 1.54) is 6.33 Å². The molecule has 0 radical (unpaired) electrons. The highest BCUT2D eigenvalue weighted by Crippen LogP contribution is 2.42. The Morgan fingerprint density at radius 1 is 1.21 bits per heavy atom. The second-order valence-corrected chi connectivity index (χ2v) is 10.6. The molecule has 3 aromatic heterocycles. The molecular formula is C29H35N7O7. The predicted molar refractivity (Wildman–Crippen MR) is 153 cm³/mol. The van der Waals surface area contributed by atoms with Gasteiger partial charge in [-0.05, 0) is 31.2 Å². The van der Waals surface area contributed by atoms with Crippen molar-refractivity contribution in [1.29, 1.82) is 0 Å². The van der Waals surface area contributed by atoms with Crippen LogP contribution in [0.5, 0.6) is 0 Å². The van der Waals surface area contributed by atoms with Crippen molar-refractivity contribution in [2.24, 2.45) is 0 Å². The first-order valence-electron chi connectivity index (χ1n) is 14.5. The van der Waals surface area contributed by atoms with Crippen molar-refractivity contribution in [2.45, 2.75) is 63.2 Å². The lowest BCUT2D eigenvalue weighted by Crippen LogP contribution is -2.32. The fourth-order valence-corrected chi connectivity index (χ4v) is 5.46. The third-order valence-electron chi connectivity index (χ3n) is 7.86. The number of benzene rings is 1. The van der Waals surface area contributed by atoms with Crippen molar-refractivity contribution < 1.29 is 33.7 Å². The van der Waals surface area contributed by atoms with Gasteiger partial charge in [0.15, 0.2) is 41.2 Å². The average molecular weight is 594 g/mol. The lowest BCUT2D eigenvalue weighted by atomic mass is 10.1. The highest BCUT2D eigenvalue weighted by atomic mass is 16.6. The highest BCUT2D eigenvalue weighted by molar-refractivity contribution is 5.84. The minimum atomic E-state index is -1.24. The quantitative estimate of drug-likeness (QED) is 0.161. The van der Waals surface area contributed by atoms with Gasteiger partial charge in [-0.15, -0.1) is 0 Å². The molecule has 2 aliphatic heterocycles. The molecule has 0 saturated carbocycles. The smallest absolute Gasteiger partial charge is 0.293 e. The van der Waals surface area contributed by atoms with Crippen LogP contribution in [0.15, 0.2) is 47.2 Å². The summed E-state index contributed by atoms with van der Waals surface area (Å²) in [6, 6.07) is 11.8. The Bertz CT molecular complexity index is 1510. The lowest BCUT2D eigenvalue weighted by molar-refractivity contribution is -0.142. The summed E-state index contributed by atoms with van der Waals surface area (Å²) in [5.41, 5.74) is 2.66. The number of hydrogen-bond acceptors (Lipinski definition) is 13. The third kappa shape index (κ3) is 6.04. The van der Waals surface area contributed by atoms with Gasteiger partial charge in [0.2, 0.25) is 5.95 Å². The predicted octanol–water partition coefficient (Wildman–Crippen LogP) is 2.14. The maximum atomic E-state index is 11.5. The molecule has 0 unspecified atom stereocenters. The van der Waals surface area contributed by atoms with Gasteiger partial charge in [0.05, 0.1) is 12.0 Å². The maximum Gasteiger partial charge on any atom is 0.293 e. The van der Waals surface area contributed by atoms with Gasteiger partial charge in [0, 0.05) is 31.9 Å². The Morgan fingerprint density at radius 3 is 2.74 bits per heavy atom. The van der Waals surface area contributed by atoms with Crippen molar-refractivity contribution in [3.8, 4) is 0 Å². The second kappa shape index (κ2) is 13.0. The molecule has 43 heavy (non-hydrogen) atoms. The Hall–Kier alpha value is -4.11. The molecule has 5 heterocycles. The summed E-state index contributed by atoms with van der Waals surface area (Å²) in [6.07, 6.45) is 0.150. The van der Waals surface area contributed by atoms with Crippen molar-refractivity contribution in [2.75, 3.05) is 36.7 Å². The van der Waals surface area contributed by atoms with Crippen LogP contribution in [0.3, 0.4) is 0 Å². The normalized spacial score (nSPS) is 22.6. The molecule has 4 aromatic rings. The van der Waals surface area contributed by atoms with Crippen LogP contribution in [0.1, 0.15) is 49.1 Å². The van der Waals surface area contributed by atoms with E-state index in [0.29, 0.717) is 61.0 Å². The topological polar surface area (TPSA) is 170 Å². The van der Waals surface area contributed by atoms with E-state index in [1.54, 1.807) is 15.5 Å². The van der Waals surface area contributed by atoms with E-state index >= 15 is 0 Å². The number of aromatic nitrogens is 5. The molecule has 14 nitrogen and oxygen atoms in total. The summed E-state index contributed by atoms with van der Waals surface area (Å²) in [4.78, 5) is 27.4. The first kappa shape index (κ1) is 29.0. The zero-order valence-electron chi connectivity index (χ0n) is 23.8. The number of carbonyl (C=O) groups is 1. The molecule has 2 saturated heterocycles. The summed E-state index contributed by atoms with van der Waals surface area (Å²) >= 11 is 0. The number of fused-ring (bicyclic) bond motifs is 1. The SMILES string of the molecule is CCc1cc([C@H]2O[C@@H](n3cnc4c(NC5CCOCC5)nc(N(CO)CCc5ccccc5)nc43)[C@H](OC=O)[C@@H]2O)on1. The number of rotatable bonds is 12. The number of nitrogens with one attached hydrogen (secondary N) is 1. The van der Waals surface area contributed by atoms with E-state index < -0.39 is 24.5 Å². The van der Waals surface area contributed by atoms with E-state index in [9.17, 15) is 15.0 Å². The van der Waals surface area contributed by atoms with Crippen molar-refractivity contribution >= 4 is 29.4 Å². The monoisotopic (exact) mass is 593 g/mol. The number of aryl methyl sites for hydroxylation is 1. The Labute approximate surface area is 247 Å². The van der Waals surface area contributed by atoms with Gasteiger partial charge in [-0.3, -0.25) is 9.36 Å². The number of carbonyl (C=O) groups excluding carboxylic acids is 1. The van der Waals surface area contributed by atoms with Crippen LogP contribution in [-0.2, 0) is 31.8 Å². The molecule has 6 rings (SSSR count). The number of aliphatic hydroxyl groups is 2. The zero-order valence-corrected chi connectivity index (χ0v) is 23.8. The largest absolute Gasteiger partial charge is 0.457 e. The summed E-state index contributed by atoms with van der Waals surface area (Å²) in [5.74, 6) is 1.10. The molecule has 4 atom stereocenters. The minimum Gasteiger partial charge on any atom is -0.457 e. The number of hydrogen-bond donors (Lipinski definition) is 3. The van der Waals surface area contributed by atoms with Crippen molar-refractivity contribution in [3.05, 3.63) is 59.7 Å². The van der Waals surface area contributed by atoms with Crippen LogP contribution in [0.2, 0.25) is 0 Å². The first-order chi connectivity index (χ1) is 21.1. The van der Waals surface area contributed by atoms with Crippen LogP contribution < -0.4 is 10.2 Å². The van der Waals surface area contributed by atoms with Gasteiger partial charge in [-0.2, -0.15) is 9.97 Å². The van der Waals surface area contributed by atoms with E-state index in [0.717, 1.165) is 18.4 Å². The van der Waals surface area contributed by atoms with Gasteiger partial charge in [-0.1, -0.05) is 42.4 Å². The van der Waals surface area contributed by atoms with Crippen LogP contribution in [0.4, 0.5) is 11.8 Å². The molecule has 1 aromatic carbocycles. The van der Waals surface area contributed by atoms with Crippen LogP contribution in [-0.4, -0.2) is 86.1 Å². The van der Waals surface area contributed by atoms with Crippen LogP contribution in [0, 0.1) is 0 Å². The van der Waals surface area contributed by atoms with Gasteiger partial charge in [-0.25, -0.2) is 4.98 Å². The molecule has 14 heteroatoms. The Kier molecular flexibility index (Phi) is 8.79. The summed E-state index contributed by atoms with van der Waals surface area (Å²) in [5, 5.41) is 29.0. The summed E-state index contributed by atoms with van der Waals surface area (Å²) < 4.78 is 24.2. The zero-order chi connectivity index (χ0) is 29.8. The fourth-order valence-electron chi connectivity index (χ4n) is 5.46. The maximum absolute atomic E-state index is 11.5. The van der Waals surface area contributed by atoms with E-state index in [-0.39, 0.29) is 25.2 Å². The molecule has 3 N–H and O–H groups in total.